The maximum Gasteiger partial charge on any atom is 0.0436 e. The number of allylic oxidation sites excluding steroid dienone is 8. The lowest BCUT2D eigenvalue weighted by atomic mass is 9.51. The molecule has 1 N–H and O–H groups in total. The first kappa shape index (κ1) is 21.5. The van der Waals surface area contributed by atoms with E-state index in [0.29, 0.717) is 18.4 Å². The second kappa shape index (κ2) is 8.61. The molecule has 174 valence electrons. The molecular weight excluding hydrogens is 388 g/mol. The summed E-state index contributed by atoms with van der Waals surface area (Å²) in [5.74, 6) is 7.89. The van der Waals surface area contributed by atoms with Gasteiger partial charge in [0.15, 0.2) is 0 Å². The molecule has 0 spiro atoms. The Kier molecular flexibility index (Phi) is 5.77. The van der Waals surface area contributed by atoms with Gasteiger partial charge in [-0.15, -0.1) is 0 Å². The average Bonchev–Trinajstić information content (AvgIpc) is 3.37. The van der Waals surface area contributed by atoms with E-state index >= 15 is 0 Å². The minimum atomic E-state index is 0.277. The summed E-state index contributed by atoms with van der Waals surface area (Å²) in [5.41, 5.74) is 0.277. The van der Waals surface area contributed by atoms with Crippen molar-refractivity contribution in [2.75, 3.05) is 6.61 Å². The zero-order chi connectivity index (χ0) is 21.7. The van der Waals surface area contributed by atoms with E-state index in [9.17, 15) is 5.11 Å². The van der Waals surface area contributed by atoms with E-state index < -0.39 is 0 Å². The first-order valence-corrected chi connectivity index (χ1v) is 14.1. The van der Waals surface area contributed by atoms with Crippen molar-refractivity contribution in [2.45, 2.75) is 71.1 Å². The van der Waals surface area contributed by atoms with E-state index in [4.69, 9.17) is 0 Å². The van der Waals surface area contributed by atoms with Crippen LogP contribution in [0.5, 0.6) is 0 Å². The topological polar surface area (TPSA) is 20.2 Å². The highest BCUT2D eigenvalue weighted by Gasteiger charge is 2.63. The highest BCUT2D eigenvalue weighted by atomic mass is 16.3. The molecule has 0 bridgehead atoms. The summed E-state index contributed by atoms with van der Waals surface area (Å²) < 4.78 is 0. The highest BCUT2D eigenvalue weighted by Crippen LogP contribution is 2.69. The van der Waals surface area contributed by atoms with Crippen LogP contribution in [-0.2, 0) is 0 Å². The van der Waals surface area contributed by atoms with E-state index in [1.807, 2.05) is 0 Å². The Bertz CT molecular complexity index is 741. The third-order valence-corrected chi connectivity index (χ3v) is 11.5. The Balaban J connectivity index is 1.47. The summed E-state index contributed by atoms with van der Waals surface area (Å²) in [7, 11) is 0. The lowest BCUT2D eigenvalue weighted by Gasteiger charge is -2.53. The van der Waals surface area contributed by atoms with Crippen LogP contribution in [0.3, 0.4) is 0 Å². The summed E-state index contributed by atoms with van der Waals surface area (Å²) in [4.78, 5) is 0. The van der Waals surface area contributed by atoms with Crippen LogP contribution in [0.2, 0.25) is 0 Å². The zero-order valence-electron chi connectivity index (χ0n) is 20.1. The lowest BCUT2D eigenvalue weighted by molar-refractivity contribution is -0.0473. The number of rotatable bonds is 5. The molecule has 6 aliphatic rings. The summed E-state index contributed by atoms with van der Waals surface area (Å²) >= 11 is 0. The van der Waals surface area contributed by atoms with Crippen molar-refractivity contribution in [3.8, 4) is 0 Å². The van der Waals surface area contributed by atoms with Crippen molar-refractivity contribution in [1.82, 2.24) is 0 Å². The highest BCUT2D eigenvalue weighted by molar-refractivity contribution is 5.27. The Morgan fingerprint density at radius 1 is 0.625 bits per heavy atom. The number of hydrogen-bond donors (Lipinski definition) is 1. The Morgan fingerprint density at radius 3 is 1.44 bits per heavy atom. The molecule has 0 aromatic carbocycles. The van der Waals surface area contributed by atoms with Gasteiger partial charge in [0.05, 0.1) is 0 Å². The van der Waals surface area contributed by atoms with Crippen LogP contribution >= 0.6 is 0 Å². The van der Waals surface area contributed by atoms with Gasteiger partial charge in [-0.3, -0.25) is 0 Å². The molecular formula is C31H44O. The summed E-state index contributed by atoms with van der Waals surface area (Å²) in [6.07, 6.45) is 33.5. The molecule has 0 aromatic rings. The van der Waals surface area contributed by atoms with Gasteiger partial charge in [-0.25, -0.2) is 0 Å². The SMILES string of the molecule is CCC(CCO)(C1C2C=CC=CC2C2CCCCC21)C1C2C=CC=CC2C2CCCCC21. The van der Waals surface area contributed by atoms with Crippen molar-refractivity contribution in [3.05, 3.63) is 48.6 Å². The number of aliphatic hydroxyl groups excluding tert-OH is 1. The molecule has 0 aliphatic heterocycles. The van der Waals surface area contributed by atoms with Gasteiger partial charge in [0, 0.05) is 6.61 Å². The van der Waals surface area contributed by atoms with Crippen LogP contribution in [-0.4, -0.2) is 11.7 Å². The molecule has 4 fully saturated rings. The summed E-state index contributed by atoms with van der Waals surface area (Å²) in [6.45, 7) is 2.86. The van der Waals surface area contributed by atoms with E-state index in [-0.39, 0.29) is 5.41 Å². The quantitative estimate of drug-likeness (QED) is 0.481. The molecule has 1 heteroatoms. The molecule has 0 radical (unpaired) electrons. The smallest absolute Gasteiger partial charge is 0.0436 e. The molecule has 6 aliphatic carbocycles. The van der Waals surface area contributed by atoms with Crippen LogP contribution in [0.25, 0.3) is 0 Å². The molecule has 1 nitrogen and oxygen atoms in total. The molecule has 10 unspecified atom stereocenters. The predicted molar refractivity (Wildman–Crippen MR) is 133 cm³/mol. The summed E-state index contributed by atoms with van der Waals surface area (Å²) in [6, 6.07) is 0. The zero-order valence-corrected chi connectivity index (χ0v) is 20.1. The largest absolute Gasteiger partial charge is 0.396 e. The minimum Gasteiger partial charge on any atom is -0.396 e. The molecule has 0 heterocycles. The van der Waals surface area contributed by atoms with Gasteiger partial charge >= 0.3 is 0 Å². The van der Waals surface area contributed by atoms with Gasteiger partial charge in [0.1, 0.15) is 0 Å². The second-order valence-corrected chi connectivity index (χ2v) is 12.2. The van der Waals surface area contributed by atoms with E-state index in [2.05, 4.69) is 55.5 Å². The molecule has 10 atom stereocenters. The van der Waals surface area contributed by atoms with Crippen LogP contribution in [0, 0.1) is 64.6 Å². The average molecular weight is 433 g/mol. The van der Waals surface area contributed by atoms with Crippen molar-refractivity contribution < 1.29 is 5.11 Å². The van der Waals surface area contributed by atoms with Crippen LogP contribution in [0.4, 0.5) is 0 Å². The third-order valence-electron chi connectivity index (χ3n) is 11.5. The first-order chi connectivity index (χ1) is 15.8. The van der Waals surface area contributed by atoms with E-state index in [1.165, 1.54) is 57.8 Å². The Labute approximate surface area is 196 Å². The van der Waals surface area contributed by atoms with Gasteiger partial charge in [0.25, 0.3) is 0 Å². The monoisotopic (exact) mass is 432 g/mol. The molecule has 0 saturated heterocycles. The summed E-state index contributed by atoms with van der Waals surface area (Å²) in [5, 5.41) is 10.6. The van der Waals surface area contributed by atoms with Crippen LogP contribution in [0.1, 0.15) is 71.1 Å². The van der Waals surface area contributed by atoms with Gasteiger partial charge in [-0.1, -0.05) is 81.2 Å². The minimum absolute atomic E-state index is 0.277. The van der Waals surface area contributed by atoms with E-state index in [1.54, 1.807) is 0 Å². The van der Waals surface area contributed by atoms with Crippen molar-refractivity contribution in [2.24, 2.45) is 64.6 Å². The van der Waals surface area contributed by atoms with Gasteiger partial charge in [-0.2, -0.15) is 0 Å². The lowest BCUT2D eigenvalue weighted by Crippen LogP contribution is -2.48. The fourth-order valence-corrected chi connectivity index (χ4v) is 10.7. The van der Waals surface area contributed by atoms with Gasteiger partial charge in [0.2, 0.25) is 0 Å². The van der Waals surface area contributed by atoms with Crippen molar-refractivity contribution in [1.29, 1.82) is 0 Å². The Morgan fingerprint density at radius 2 is 1.03 bits per heavy atom. The van der Waals surface area contributed by atoms with Crippen LogP contribution in [0.15, 0.2) is 48.6 Å². The second-order valence-electron chi connectivity index (χ2n) is 12.2. The standard InChI is InChI=1S/C31H44O/c1-2-31(19-20-32,29-25-15-7-3-11-21(25)22-12-4-8-16-26(22)29)30-27-17-9-5-13-23(27)24-14-6-10-18-28(24)30/h3,5,7,9,11,13,15,17,21-30,32H,2,4,6,8,10,12,14,16,18-20H2,1H3. The van der Waals surface area contributed by atoms with Crippen molar-refractivity contribution in [3.63, 3.8) is 0 Å². The maximum atomic E-state index is 10.6. The van der Waals surface area contributed by atoms with Gasteiger partial charge < -0.3 is 5.11 Å². The fourth-order valence-electron chi connectivity index (χ4n) is 10.7. The maximum absolute atomic E-state index is 10.6. The van der Waals surface area contributed by atoms with E-state index in [0.717, 1.165) is 53.8 Å². The van der Waals surface area contributed by atoms with Crippen LogP contribution < -0.4 is 0 Å². The molecule has 6 rings (SSSR count). The molecule has 0 amide bonds. The first-order valence-electron chi connectivity index (χ1n) is 14.1. The molecule has 32 heavy (non-hydrogen) atoms. The Hall–Kier alpha value is -1.08. The number of aliphatic hydroxyl groups is 1. The molecule has 0 aromatic heterocycles. The number of hydrogen-bond acceptors (Lipinski definition) is 1. The third kappa shape index (κ3) is 3.05. The molecule has 4 saturated carbocycles. The number of fused-ring (bicyclic) bond motifs is 6. The fraction of sp³-hybridized carbons (Fsp3) is 0.742. The normalized spacial score (nSPS) is 48.1. The predicted octanol–water partition coefficient (Wildman–Crippen LogP) is 7.35. The van der Waals surface area contributed by atoms with Crippen molar-refractivity contribution >= 4 is 0 Å². The van der Waals surface area contributed by atoms with Gasteiger partial charge in [-0.05, 0) is 103 Å².